The average molecular weight is 282 g/mol. The molecule has 2 unspecified atom stereocenters. The number of nitrogens with one attached hydrogen (secondary N) is 1. The molecule has 1 N–H and O–H groups in total. The smallest absolute Gasteiger partial charge is 0.241 e. The van der Waals surface area contributed by atoms with Gasteiger partial charge in [0.05, 0.1) is 24.9 Å². The zero-order valence-corrected chi connectivity index (χ0v) is 13.2. The number of ether oxygens (including phenoxy) is 1. The molecule has 116 valence electrons. The number of hydrogen-bond donors (Lipinski definition) is 1. The third-order valence-corrected chi connectivity index (χ3v) is 4.44. The topological polar surface area (TPSA) is 41.6 Å². The van der Waals surface area contributed by atoms with Gasteiger partial charge in [0.2, 0.25) is 5.91 Å². The average Bonchev–Trinajstić information content (AvgIpc) is 2.67. The van der Waals surface area contributed by atoms with E-state index in [1.165, 1.54) is 32.1 Å². The Morgan fingerprint density at radius 1 is 1.30 bits per heavy atom. The van der Waals surface area contributed by atoms with Gasteiger partial charge in [-0.2, -0.15) is 0 Å². The highest BCUT2D eigenvalue weighted by Crippen LogP contribution is 2.21. The lowest BCUT2D eigenvalue weighted by Gasteiger charge is -2.25. The maximum Gasteiger partial charge on any atom is 0.241 e. The van der Waals surface area contributed by atoms with Gasteiger partial charge in [-0.3, -0.25) is 10.1 Å². The van der Waals surface area contributed by atoms with Crippen LogP contribution in [0.2, 0.25) is 0 Å². The Balaban J connectivity index is 1.73. The van der Waals surface area contributed by atoms with E-state index in [0.29, 0.717) is 18.6 Å². The summed E-state index contributed by atoms with van der Waals surface area (Å²) in [6.07, 6.45) is 7.81. The molecule has 2 aliphatic rings. The fourth-order valence-corrected chi connectivity index (χ4v) is 3.34. The Bertz CT molecular complexity index is 314. The molecule has 0 aromatic heterocycles. The van der Waals surface area contributed by atoms with Crippen LogP contribution in [0.4, 0.5) is 0 Å². The minimum Gasteiger partial charge on any atom is -0.376 e. The quantitative estimate of drug-likeness (QED) is 0.814. The summed E-state index contributed by atoms with van der Waals surface area (Å²) in [6.45, 7) is 7.79. The van der Waals surface area contributed by atoms with Crippen LogP contribution in [0.1, 0.15) is 59.3 Å². The van der Waals surface area contributed by atoms with Gasteiger partial charge in [-0.15, -0.1) is 0 Å². The Morgan fingerprint density at radius 3 is 2.65 bits per heavy atom. The normalized spacial score (nSPS) is 28.6. The lowest BCUT2D eigenvalue weighted by molar-refractivity contribution is -0.131. The van der Waals surface area contributed by atoms with Crippen molar-refractivity contribution < 1.29 is 9.53 Å². The number of carbonyl (C=O) groups is 1. The van der Waals surface area contributed by atoms with Crippen LogP contribution < -0.4 is 5.32 Å². The van der Waals surface area contributed by atoms with E-state index in [2.05, 4.69) is 26.1 Å². The Morgan fingerprint density at radius 2 is 2.00 bits per heavy atom. The van der Waals surface area contributed by atoms with Gasteiger partial charge in [-0.05, 0) is 32.1 Å². The van der Waals surface area contributed by atoms with Crippen LogP contribution >= 0.6 is 0 Å². The van der Waals surface area contributed by atoms with Crippen molar-refractivity contribution in [2.45, 2.75) is 77.6 Å². The van der Waals surface area contributed by atoms with E-state index in [1.54, 1.807) is 0 Å². The Labute approximate surface area is 123 Å². The molecule has 0 bridgehead atoms. The lowest BCUT2D eigenvalue weighted by Crippen LogP contribution is -2.37. The van der Waals surface area contributed by atoms with Crippen LogP contribution in [0.5, 0.6) is 0 Å². The monoisotopic (exact) mass is 282 g/mol. The standard InChI is InChI=1S/C16H30N2O2/c1-12(2)11-15-16(19)18(13(3)17-15)9-10-20-14-7-5-4-6-8-14/h12-15,17H,4-11H2,1-3H3. The number of nitrogens with zero attached hydrogens (tertiary/aromatic N) is 1. The van der Waals surface area contributed by atoms with Crippen LogP contribution in [0, 0.1) is 5.92 Å². The number of hydrogen-bond acceptors (Lipinski definition) is 3. The van der Waals surface area contributed by atoms with Gasteiger partial charge >= 0.3 is 0 Å². The molecule has 1 saturated heterocycles. The molecule has 1 aliphatic carbocycles. The summed E-state index contributed by atoms with van der Waals surface area (Å²) in [5.41, 5.74) is 0. The van der Waals surface area contributed by atoms with Crippen molar-refractivity contribution in [1.82, 2.24) is 10.2 Å². The molecule has 4 heteroatoms. The van der Waals surface area contributed by atoms with Crippen LogP contribution in [0.15, 0.2) is 0 Å². The van der Waals surface area contributed by atoms with E-state index in [1.807, 2.05) is 4.90 Å². The van der Waals surface area contributed by atoms with Gasteiger partial charge in [0, 0.05) is 6.54 Å². The highest BCUT2D eigenvalue weighted by molar-refractivity contribution is 5.84. The zero-order chi connectivity index (χ0) is 14.5. The van der Waals surface area contributed by atoms with Crippen LogP contribution in [0.3, 0.4) is 0 Å². The summed E-state index contributed by atoms with van der Waals surface area (Å²) in [5.74, 6) is 0.792. The first-order valence-corrected chi connectivity index (χ1v) is 8.26. The minimum atomic E-state index is -0.000296. The summed E-state index contributed by atoms with van der Waals surface area (Å²) in [6, 6.07) is -0.000296. The van der Waals surface area contributed by atoms with Gasteiger partial charge in [0.25, 0.3) is 0 Å². The molecule has 0 radical (unpaired) electrons. The molecule has 1 aliphatic heterocycles. The first-order chi connectivity index (χ1) is 9.58. The zero-order valence-electron chi connectivity index (χ0n) is 13.2. The molecule has 0 aromatic carbocycles. The van der Waals surface area contributed by atoms with Gasteiger partial charge < -0.3 is 9.64 Å². The molecule has 2 atom stereocenters. The number of rotatable bonds is 6. The van der Waals surface area contributed by atoms with Crippen LogP contribution in [-0.2, 0) is 9.53 Å². The molecule has 0 spiro atoms. The molecule has 4 nitrogen and oxygen atoms in total. The molecular formula is C16H30N2O2. The van der Waals surface area contributed by atoms with E-state index in [0.717, 1.165) is 13.0 Å². The van der Waals surface area contributed by atoms with Crippen molar-refractivity contribution in [1.29, 1.82) is 0 Å². The maximum absolute atomic E-state index is 12.3. The molecule has 1 saturated carbocycles. The summed E-state index contributed by atoms with van der Waals surface area (Å²) in [5, 5.41) is 3.39. The van der Waals surface area contributed by atoms with Crippen LogP contribution in [-0.4, -0.2) is 42.3 Å². The van der Waals surface area contributed by atoms with Crippen LogP contribution in [0.25, 0.3) is 0 Å². The summed E-state index contributed by atoms with van der Waals surface area (Å²) in [4.78, 5) is 14.3. The second kappa shape index (κ2) is 7.41. The summed E-state index contributed by atoms with van der Waals surface area (Å²) >= 11 is 0. The fourth-order valence-electron chi connectivity index (χ4n) is 3.34. The second-order valence-corrected chi connectivity index (χ2v) is 6.69. The third-order valence-electron chi connectivity index (χ3n) is 4.44. The van der Waals surface area contributed by atoms with Crippen molar-refractivity contribution in [2.24, 2.45) is 5.92 Å². The van der Waals surface area contributed by atoms with Gasteiger partial charge in [-0.1, -0.05) is 33.1 Å². The second-order valence-electron chi connectivity index (χ2n) is 6.69. The number of amides is 1. The first-order valence-electron chi connectivity index (χ1n) is 8.26. The molecular weight excluding hydrogens is 252 g/mol. The van der Waals surface area contributed by atoms with E-state index < -0.39 is 0 Å². The molecule has 1 heterocycles. The van der Waals surface area contributed by atoms with Crippen molar-refractivity contribution >= 4 is 5.91 Å². The van der Waals surface area contributed by atoms with E-state index in [4.69, 9.17) is 4.74 Å². The van der Waals surface area contributed by atoms with Gasteiger partial charge in [0.15, 0.2) is 0 Å². The van der Waals surface area contributed by atoms with Gasteiger partial charge in [0.1, 0.15) is 0 Å². The van der Waals surface area contributed by atoms with Crippen molar-refractivity contribution in [3.63, 3.8) is 0 Å². The molecule has 2 fully saturated rings. The predicted molar refractivity (Wildman–Crippen MR) is 80.4 cm³/mol. The minimum absolute atomic E-state index is 0.000296. The van der Waals surface area contributed by atoms with Gasteiger partial charge in [-0.25, -0.2) is 0 Å². The maximum atomic E-state index is 12.3. The highest BCUT2D eigenvalue weighted by atomic mass is 16.5. The molecule has 1 amide bonds. The van der Waals surface area contributed by atoms with E-state index in [-0.39, 0.29) is 18.1 Å². The van der Waals surface area contributed by atoms with E-state index in [9.17, 15) is 4.79 Å². The largest absolute Gasteiger partial charge is 0.376 e. The van der Waals surface area contributed by atoms with E-state index >= 15 is 0 Å². The Hall–Kier alpha value is -0.610. The molecule has 2 rings (SSSR count). The fraction of sp³-hybridized carbons (Fsp3) is 0.938. The third kappa shape index (κ3) is 4.19. The lowest BCUT2D eigenvalue weighted by atomic mass is 9.98. The molecule has 0 aromatic rings. The van der Waals surface area contributed by atoms with Crippen molar-refractivity contribution in [3.8, 4) is 0 Å². The molecule has 20 heavy (non-hydrogen) atoms. The predicted octanol–water partition coefficient (Wildman–Crippen LogP) is 2.53. The summed E-state index contributed by atoms with van der Waals surface area (Å²) < 4.78 is 5.94. The van der Waals surface area contributed by atoms with Crippen molar-refractivity contribution in [3.05, 3.63) is 0 Å². The Kier molecular flexibility index (Phi) is 5.85. The summed E-state index contributed by atoms with van der Waals surface area (Å²) in [7, 11) is 0. The van der Waals surface area contributed by atoms with Crippen molar-refractivity contribution in [2.75, 3.05) is 13.2 Å². The number of carbonyl (C=O) groups excluding carboxylic acids is 1. The first kappa shape index (κ1) is 15.8. The highest BCUT2D eigenvalue weighted by Gasteiger charge is 2.36. The SMILES string of the molecule is CC(C)CC1NC(C)N(CCOC2CCCCC2)C1=O.